The van der Waals surface area contributed by atoms with Crippen molar-refractivity contribution in [2.24, 2.45) is 0 Å². The summed E-state index contributed by atoms with van der Waals surface area (Å²) in [5.74, 6) is -0.157. The SMILES string of the molecule is CCCNC(=O)[C@@H](C)N(Cc1cccc(OC)c1)C(=O)CN(c1ccccc1)S(C)(=O)=O. The zero-order chi connectivity index (χ0) is 23.7. The van der Waals surface area contributed by atoms with Gasteiger partial charge in [-0.2, -0.15) is 0 Å². The number of methoxy groups -OCH3 is 1. The van der Waals surface area contributed by atoms with Crippen molar-refractivity contribution in [3.05, 3.63) is 60.2 Å². The molecule has 0 fully saturated rings. The molecule has 0 aliphatic carbocycles. The first-order chi connectivity index (χ1) is 15.2. The molecule has 0 aliphatic rings. The third kappa shape index (κ3) is 6.98. The first kappa shape index (κ1) is 25.2. The molecular weight excluding hydrogens is 430 g/mol. The largest absolute Gasteiger partial charge is 0.497 e. The van der Waals surface area contributed by atoms with Crippen molar-refractivity contribution in [2.45, 2.75) is 32.9 Å². The molecule has 0 saturated heterocycles. The predicted octanol–water partition coefficient (Wildman–Crippen LogP) is 2.40. The molecule has 0 aromatic heterocycles. The second-order valence-corrected chi connectivity index (χ2v) is 9.35. The average Bonchev–Trinajstić information content (AvgIpc) is 2.78. The summed E-state index contributed by atoms with van der Waals surface area (Å²) >= 11 is 0. The van der Waals surface area contributed by atoms with E-state index < -0.39 is 28.5 Å². The number of nitrogens with one attached hydrogen (secondary N) is 1. The highest BCUT2D eigenvalue weighted by atomic mass is 32.2. The van der Waals surface area contributed by atoms with Gasteiger partial charge in [-0.05, 0) is 43.2 Å². The summed E-state index contributed by atoms with van der Waals surface area (Å²) in [7, 11) is -2.18. The van der Waals surface area contributed by atoms with Gasteiger partial charge in [0.15, 0.2) is 0 Å². The van der Waals surface area contributed by atoms with E-state index in [0.717, 1.165) is 22.5 Å². The molecule has 32 heavy (non-hydrogen) atoms. The zero-order valence-electron chi connectivity index (χ0n) is 18.9. The van der Waals surface area contributed by atoms with Crippen molar-refractivity contribution in [2.75, 3.05) is 30.8 Å². The maximum absolute atomic E-state index is 13.4. The number of para-hydroxylation sites is 1. The van der Waals surface area contributed by atoms with Gasteiger partial charge in [0, 0.05) is 13.1 Å². The molecule has 1 N–H and O–H groups in total. The Kier molecular flexibility index (Phi) is 9.07. The Balaban J connectivity index is 2.35. The van der Waals surface area contributed by atoms with Gasteiger partial charge in [-0.3, -0.25) is 13.9 Å². The Morgan fingerprint density at radius 3 is 2.38 bits per heavy atom. The number of carbonyl (C=O) groups is 2. The van der Waals surface area contributed by atoms with Gasteiger partial charge in [0.1, 0.15) is 18.3 Å². The third-order valence-corrected chi connectivity index (χ3v) is 6.07. The van der Waals surface area contributed by atoms with Gasteiger partial charge in [0.2, 0.25) is 21.8 Å². The lowest BCUT2D eigenvalue weighted by Crippen LogP contribution is -2.51. The topological polar surface area (TPSA) is 96.0 Å². The van der Waals surface area contributed by atoms with Crippen molar-refractivity contribution >= 4 is 27.5 Å². The van der Waals surface area contributed by atoms with Gasteiger partial charge in [0.05, 0.1) is 19.1 Å². The van der Waals surface area contributed by atoms with Crippen LogP contribution in [0.3, 0.4) is 0 Å². The number of anilines is 1. The molecule has 2 aromatic carbocycles. The highest BCUT2D eigenvalue weighted by Gasteiger charge is 2.29. The van der Waals surface area contributed by atoms with Crippen molar-refractivity contribution in [1.82, 2.24) is 10.2 Å². The fourth-order valence-corrected chi connectivity index (χ4v) is 4.00. The number of amides is 2. The van der Waals surface area contributed by atoms with E-state index in [9.17, 15) is 18.0 Å². The van der Waals surface area contributed by atoms with E-state index in [1.165, 1.54) is 4.90 Å². The van der Waals surface area contributed by atoms with Gasteiger partial charge in [-0.15, -0.1) is 0 Å². The quantitative estimate of drug-likeness (QED) is 0.554. The molecule has 0 heterocycles. The van der Waals surface area contributed by atoms with Crippen LogP contribution in [0.15, 0.2) is 54.6 Å². The van der Waals surface area contributed by atoms with Crippen LogP contribution in [-0.4, -0.2) is 57.6 Å². The van der Waals surface area contributed by atoms with Crippen LogP contribution in [0.4, 0.5) is 5.69 Å². The summed E-state index contributed by atoms with van der Waals surface area (Å²) in [6.45, 7) is 3.77. The fourth-order valence-electron chi connectivity index (χ4n) is 3.15. The second-order valence-electron chi connectivity index (χ2n) is 7.45. The number of ether oxygens (including phenoxy) is 1. The molecule has 0 saturated carbocycles. The molecule has 1 atom stereocenters. The first-order valence-electron chi connectivity index (χ1n) is 10.4. The molecule has 8 nitrogen and oxygen atoms in total. The molecule has 0 unspecified atom stereocenters. The first-order valence-corrected chi connectivity index (χ1v) is 12.2. The minimum absolute atomic E-state index is 0.128. The number of sulfonamides is 1. The lowest BCUT2D eigenvalue weighted by atomic mass is 10.1. The van der Waals surface area contributed by atoms with Gasteiger partial charge < -0.3 is 15.0 Å². The molecule has 0 radical (unpaired) electrons. The zero-order valence-corrected chi connectivity index (χ0v) is 19.8. The van der Waals surface area contributed by atoms with Crippen LogP contribution in [0, 0.1) is 0 Å². The van der Waals surface area contributed by atoms with Crippen molar-refractivity contribution in [3.63, 3.8) is 0 Å². The van der Waals surface area contributed by atoms with E-state index in [0.29, 0.717) is 18.0 Å². The second kappa shape index (κ2) is 11.5. The molecule has 174 valence electrons. The van der Waals surface area contributed by atoms with Crippen LogP contribution >= 0.6 is 0 Å². The van der Waals surface area contributed by atoms with Crippen molar-refractivity contribution < 1.29 is 22.7 Å². The molecule has 2 rings (SSSR count). The summed E-state index contributed by atoms with van der Waals surface area (Å²) in [6.07, 6.45) is 1.81. The highest BCUT2D eigenvalue weighted by Crippen LogP contribution is 2.20. The minimum atomic E-state index is -3.72. The van der Waals surface area contributed by atoms with Crippen LogP contribution in [0.2, 0.25) is 0 Å². The average molecular weight is 462 g/mol. The molecular formula is C23H31N3O5S. The van der Waals surface area contributed by atoms with Crippen LogP contribution in [0.5, 0.6) is 5.75 Å². The number of hydrogen-bond acceptors (Lipinski definition) is 5. The molecule has 2 amide bonds. The standard InChI is InChI=1S/C23H31N3O5S/c1-5-14-24-23(28)18(2)25(16-19-10-9-13-21(15-19)31-3)22(27)17-26(32(4,29)30)20-11-7-6-8-12-20/h6-13,15,18H,5,14,16-17H2,1-4H3,(H,24,28)/t18-/m1/s1. The Labute approximate surface area is 190 Å². The number of benzene rings is 2. The maximum atomic E-state index is 13.4. The van der Waals surface area contributed by atoms with E-state index in [1.54, 1.807) is 62.6 Å². The lowest BCUT2D eigenvalue weighted by Gasteiger charge is -2.31. The molecule has 0 bridgehead atoms. The normalized spacial score (nSPS) is 12.0. The maximum Gasteiger partial charge on any atom is 0.244 e. The van der Waals surface area contributed by atoms with Gasteiger partial charge in [-0.25, -0.2) is 8.42 Å². The number of nitrogens with zero attached hydrogens (tertiary/aromatic N) is 2. The van der Waals surface area contributed by atoms with Gasteiger partial charge in [-0.1, -0.05) is 37.3 Å². The summed E-state index contributed by atoms with van der Waals surface area (Å²) in [6, 6.07) is 14.8. The minimum Gasteiger partial charge on any atom is -0.497 e. The molecule has 0 aliphatic heterocycles. The van der Waals surface area contributed by atoms with Crippen molar-refractivity contribution in [1.29, 1.82) is 0 Å². The molecule has 9 heteroatoms. The summed E-state index contributed by atoms with van der Waals surface area (Å²) < 4.78 is 31.2. The molecule has 2 aromatic rings. The van der Waals surface area contributed by atoms with Crippen LogP contribution in [0.25, 0.3) is 0 Å². The van der Waals surface area contributed by atoms with Crippen LogP contribution in [-0.2, 0) is 26.2 Å². The summed E-state index contributed by atoms with van der Waals surface area (Å²) in [5.41, 5.74) is 1.14. The Bertz CT molecular complexity index is 1010. The van der Waals surface area contributed by atoms with E-state index in [-0.39, 0.29) is 12.5 Å². The number of carbonyl (C=O) groups excluding carboxylic acids is 2. The van der Waals surface area contributed by atoms with Crippen LogP contribution in [0.1, 0.15) is 25.8 Å². The van der Waals surface area contributed by atoms with E-state index >= 15 is 0 Å². The Morgan fingerprint density at radius 1 is 1.09 bits per heavy atom. The Hall–Kier alpha value is -3.07. The van der Waals surface area contributed by atoms with Crippen molar-refractivity contribution in [3.8, 4) is 5.75 Å². The summed E-state index contributed by atoms with van der Waals surface area (Å²) in [5, 5.41) is 2.80. The number of rotatable bonds is 11. The molecule has 0 spiro atoms. The lowest BCUT2D eigenvalue weighted by molar-refractivity contribution is -0.139. The van der Waals surface area contributed by atoms with E-state index in [2.05, 4.69) is 5.32 Å². The van der Waals surface area contributed by atoms with Crippen LogP contribution < -0.4 is 14.4 Å². The third-order valence-electron chi connectivity index (χ3n) is 4.93. The van der Waals surface area contributed by atoms with Gasteiger partial charge in [0.25, 0.3) is 0 Å². The summed E-state index contributed by atoms with van der Waals surface area (Å²) in [4.78, 5) is 27.4. The smallest absolute Gasteiger partial charge is 0.244 e. The number of hydrogen-bond donors (Lipinski definition) is 1. The monoisotopic (exact) mass is 461 g/mol. The predicted molar refractivity (Wildman–Crippen MR) is 125 cm³/mol. The van der Waals surface area contributed by atoms with Gasteiger partial charge >= 0.3 is 0 Å². The fraction of sp³-hybridized carbons (Fsp3) is 0.391. The Morgan fingerprint density at radius 2 is 1.78 bits per heavy atom. The van der Waals surface area contributed by atoms with E-state index in [4.69, 9.17) is 4.74 Å². The highest BCUT2D eigenvalue weighted by molar-refractivity contribution is 7.92. The van der Waals surface area contributed by atoms with E-state index in [1.807, 2.05) is 13.0 Å².